The number of hydrogen-bond acceptors (Lipinski definition) is 6. The molecule has 23 heavy (non-hydrogen) atoms. The number of methoxy groups -OCH3 is 1. The van der Waals surface area contributed by atoms with Crippen LogP contribution >= 0.6 is 0 Å². The van der Waals surface area contributed by atoms with E-state index in [1.807, 2.05) is 12.1 Å². The number of benzene rings is 1. The molecule has 0 saturated heterocycles. The summed E-state index contributed by atoms with van der Waals surface area (Å²) in [5, 5.41) is 11.6. The quantitative estimate of drug-likeness (QED) is 0.849. The number of rotatable bonds is 5. The van der Waals surface area contributed by atoms with Crippen molar-refractivity contribution in [3.8, 4) is 11.8 Å². The minimum absolute atomic E-state index is 0.00530. The number of nitriles is 1. The van der Waals surface area contributed by atoms with E-state index in [1.54, 1.807) is 24.3 Å². The monoisotopic (exact) mass is 314 g/mol. The number of nitrogens with zero attached hydrogens (tertiary/aromatic N) is 1. The van der Waals surface area contributed by atoms with Gasteiger partial charge in [-0.2, -0.15) is 5.26 Å². The van der Waals surface area contributed by atoms with E-state index in [9.17, 15) is 14.9 Å². The summed E-state index contributed by atoms with van der Waals surface area (Å²) in [5.74, 6) is -0.604. The van der Waals surface area contributed by atoms with Crippen LogP contribution in [-0.2, 0) is 9.53 Å². The maximum absolute atomic E-state index is 11.9. The predicted molar refractivity (Wildman–Crippen MR) is 80.1 cm³/mol. The van der Waals surface area contributed by atoms with Crippen molar-refractivity contribution < 1.29 is 23.5 Å². The SMILES string of the molecule is COC(=O)c1c(C)oc(NC(=O)COc2ccccc2)c1C#N. The third-order valence-electron chi connectivity index (χ3n) is 2.95. The summed E-state index contributed by atoms with van der Waals surface area (Å²) in [6.45, 7) is 1.24. The first-order chi connectivity index (χ1) is 11.1. The van der Waals surface area contributed by atoms with Crippen LogP contribution in [0, 0.1) is 18.3 Å². The zero-order valence-corrected chi connectivity index (χ0v) is 12.6. The molecule has 1 amide bonds. The molecule has 0 fully saturated rings. The standard InChI is InChI=1S/C16H14N2O5/c1-10-14(16(20)21-2)12(8-17)15(23-10)18-13(19)9-22-11-6-4-3-5-7-11/h3-7H,9H2,1-2H3,(H,18,19). The van der Waals surface area contributed by atoms with Crippen LogP contribution in [0.3, 0.4) is 0 Å². The van der Waals surface area contributed by atoms with Gasteiger partial charge >= 0.3 is 5.97 Å². The molecule has 0 saturated carbocycles. The van der Waals surface area contributed by atoms with E-state index >= 15 is 0 Å². The molecule has 1 aromatic heterocycles. The summed E-state index contributed by atoms with van der Waals surface area (Å²) in [6, 6.07) is 10.6. The first-order valence-corrected chi connectivity index (χ1v) is 6.66. The van der Waals surface area contributed by atoms with Gasteiger partial charge in [0.05, 0.1) is 7.11 Å². The van der Waals surface area contributed by atoms with Crippen molar-refractivity contribution in [1.29, 1.82) is 5.26 Å². The van der Waals surface area contributed by atoms with Crippen LogP contribution in [0.25, 0.3) is 0 Å². The highest BCUT2D eigenvalue weighted by Crippen LogP contribution is 2.27. The van der Waals surface area contributed by atoms with Crippen LogP contribution in [0.5, 0.6) is 5.75 Å². The maximum Gasteiger partial charge on any atom is 0.342 e. The highest BCUT2D eigenvalue weighted by atomic mass is 16.5. The minimum Gasteiger partial charge on any atom is -0.484 e. The topological polar surface area (TPSA) is 102 Å². The average Bonchev–Trinajstić information content (AvgIpc) is 2.88. The second kappa shape index (κ2) is 7.13. The summed E-state index contributed by atoms with van der Waals surface area (Å²) in [6.07, 6.45) is 0. The molecule has 0 aliphatic heterocycles. The second-order valence-corrected chi connectivity index (χ2v) is 4.49. The molecule has 0 spiro atoms. The van der Waals surface area contributed by atoms with Gasteiger partial charge in [-0.05, 0) is 19.1 Å². The first-order valence-electron chi connectivity index (χ1n) is 6.66. The smallest absolute Gasteiger partial charge is 0.342 e. The molecule has 0 aliphatic carbocycles. The Labute approximate surface area is 132 Å². The average molecular weight is 314 g/mol. The Bertz CT molecular complexity index is 759. The van der Waals surface area contributed by atoms with Gasteiger partial charge in [-0.15, -0.1) is 0 Å². The molecule has 0 radical (unpaired) electrons. The molecule has 2 aromatic rings. The molecule has 0 bridgehead atoms. The van der Waals surface area contributed by atoms with Crippen molar-refractivity contribution in [3.63, 3.8) is 0 Å². The van der Waals surface area contributed by atoms with Gasteiger partial charge in [0.2, 0.25) is 5.88 Å². The van der Waals surface area contributed by atoms with Crippen molar-refractivity contribution in [2.45, 2.75) is 6.92 Å². The predicted octanol–water partition coefficient (Wildman–Crippen LogP) is 2.26. The molecule has 2 rings (SSSR count). The van der Waals surface area contributed by atoms with E-state index in [4.69, 9.17) is 9.15 Å². The summed E-state index contributed by atoms with van der Waals surface area (Å²) < 4.78 is 15.2. The van der Waals surface area contributed by atoms with Crippen molar-refractivity contribution in [3.05, 3.63) is 47.2 Å². The van der Waals surface area contributed by atoms with Crippen LogP contribution in [0.15, 0.2) is 34.7 Å². The number of carbonyl (C=O) groups excluding carboxylic acids is 2. The van der Waals surface area contributed by atoms with Gasteiger partial charge in [-0.25, -0.2) is 4.79 Å². The normalized spacial score (nSPS) is 9.78. The van der Waals surface area contributed by atoms with Crippen LogP contribution in [0.1, 0.15) is 21.7 Å². The molecular formula is C16H14N2O5. The number of para-hydroxylation sites is 1. The number of ether oxygens (including phenoxy) is 2. The third kappa shape index (κ3) is 3.68. The van der Waals surface area contributed by atoms with Gasteiger partial charge in [0.1, 0.15) is 28.7 Å². The molecule has 7 heteroatoms. The summed E-state index contributed by atoms with van der Waals surface area (Å²) in [4.78, 5) is 23.5. The lowest BCUT2D eigenvalue weighted by Crippen LogP contribution is -2.20. The summed E-state index contributed by atoms with van der Waals surface area (Å²) >= 11 is 0. The number of nitrogens with one attached hydrogen (secondary N) is 1. The molecule has 7 nitrogen and oxygen atoms in total. The van der Waals surface area contributed by atoms with Crippen LogP contribution in [0.4, 0.5) is 5.88 Å². The molecule has 0 aliphatic rings. The van der Waals surface area contributed by atoms with E-state index in [2.05, 4.69) is 10.1 Å². The Balaban J connectivity index is 2.09. The van der Waals surface area contributed by atoms with E-state index in [0.717, 1.165) is 0 Å². The number of anilines is 1. The molecule has 118 valence electrons. The first kappa shape index (κ1) is 16.1. The van der Waals surface area contributed by atoms with Gasteiger partial charge in [0.15, 0.2) is 6.61 Å². The fraction of sp³-hybridized carbons (Fsp3) is 0.188. The van der Waals surface area contributed by atoms with E-state index < -0.39 is 11.9 Å². The number of carbonyl (C=O) groups is 2. The van der Waals surface area contributed by atoms with Gasteiger partial charge in [-0.3, -0.25) is 10.1 Å². The zero-order chi connectivity index (χ0) is 16.8. The lowest BCUT2D eigenvalue weighted by atomic mass is 10.1. The van der Waals surface area contributed by atoms with E-state index in [-0.39, 0.29) is 29.4 Å². The second-order valence-electron chi connectivity index (χ2n) is 4.49. The van der Waals surface area contributed by atoms with Gasteiger partial charge < -0.3 is 13.9 Å². The molecule has 1 N–H and O–H groups in total. The maximum atomic E-state index is 11.9. The van der Waals surface area contributed by atoms with Gasteiger partial charge in [0, 0.05) is 0 Å². The van der Waals surface area contributed by atoms with Crippen molar-refractivity contribution >= 4 is 17.8 Å². The number of amides is 1. The summed E-state index contributed by atoms with van der Waals surface area (Å²) in [7, 11) is 1.20. The molecule has 1 heterocycles. The Morgan fingerprint density at radius 2 is 2.00 bits per heavy atom. The number of hydrogen-bond donors (Lipinski definition) is 1. The molecular weight excluding hydrogens is 300 g/mol. The Kier molecular flexibility index (Phi) is 5.00. The highest BCUT2D eigenvalue weighted by Gasteiger charge is 2.25. The highest BCUT2D eigenvalue weighted by molar-refractivity contribution is 5.98. The lowest BCUT2D eigenvalue weighted by molar-refractivity contribution is -0.118. The number of esters is 1. The van der Waals surface area contributed by atoms with Crippen molar-refractivity contribution in [1.82, 2.24) is 0 Å². The number of furan rings is 1. The molecule has 1 aromatic carbocycles. The molecule has 0 unspecified atom stereocenters. The van der Waals surface area contributed by atoms with Crippen molar-refractivity contribution in [2.75, 3.05) is 19.0 Å². The third-order valence-corrected chi connectivity index (χ3v) is 2.95. The van der Waals surface area contributed by atoms with Crippen LogP contribution in [-0.4, -0.2) is 25.6 Å². The molecule has 0 atom stereocenters. The fourth-order valence-corrected chi connectivity index (χ4v) is 1.92. The minimum atomic E-state index is -0.705. The lowest BCUT2D eigenvalue weighted by Gasteiger charge is -2.05. The van der Waals surface area contributed by atoms with Crippen LogP contribution < -0.4 is 10.1 Å². The Morgan fingerprint density at radius 1 is 1.30 bits per heavy atom. The largest absolute Gasteiger partial charge is 0.484 e. The van der Waals surface area contributed by atoms with E-state index in [1.165, 1.54) is 14.0 Å². The van der Waals surface area contributed by atoms with Gasteiger partial charge in [0.25, 0.3) is 5.91 Å². The zero-order valence-electron chi connectivity index (χ0n) is 12.6. The summed E-state index contributed by atoms with van der Waals surface area (Å²) in [5.41, 5.74) is -0.0864. The Hall–Kier alpha value is -3.27. The number of aryl methyl sites for hydroxylation is 1. The van der Waals surface area contributed by atoms with Gasteiger partial charge in [-0.1, -0.05) is 18.2 Å². The van der Waals surface area contributed by atoms with Crippen molar-refractivity contribution in [2.24, 2.45) is 0 Å². The fourth-order valence-electron chi connectivity index (χ4n) is 1.92. The Morgan fingerprint density at radius 3 is 2.61 bits per heavy atom. The van der Waals surface area contributed by atoms with Crippen LogP contribution in [0.2, 0.25) is 0 Å². The van der Waals surface area contributed by atoms with E-state index in [0.29, 0.717) is 5.75 Å².